The molecule has 3 heterocycles. The molecule has 3 aliphatic rings. The van der Waals surface area contributed by atoms with Crippen molar-refractivity contribution < 1.29 is 19.3 Å². The molecule has 2 aromatic rings. The van der Waals surface area contributed by atoms with Gasteiger partial charge in [0, 0.05) is 25.2 Å². The lowest BCUT2D eigenvalue weighted by Crippen LogP contribution is -2.39. The number of hydrogen-bond donors (Lipinski definition) is 1. The summed E-state index contributed by atoms with van der Waals surface area (Å²) >= 11 is 0. The van der Waals surface area contributed by atoms with Crippen LogP contribution in [0.3, 0.4) is 0 Å². The van der Waals surface area contributed by atoms with Crippen molar-refractivity contribution in [3.8, 4) is 22.6 Å². The Hall–Kier alpha value is -2.08. The van der Waals surface area contributed by atoms with Crippen LogP contribution in [0.4, 0.5) is 0 Å². The molecule has 26 heavy (non-hydrogen) atoms. The van der Waals surface area contributed by atoms with Gasteiger partial charge in [0.05, 0.1) is 19.3 Å². The van der Waals surface area contributed by atoms with Crippen LogP contribution in [0.1, 0.15) is 11.1 Å². The minimum Gasteiger partial charge on any atom is -0.486 e. The number of hydrogen-bond acceptors (Lipinski definition) is 5. The van der Waals surface area contributed by atoms with Crippen molar-refractivity contribution in [3.63, 3.8) is 0 Å². The van der Waals surface area contributed by atoms with E-state index < -0.39 is 6.10 Å². The molecule has 2 aromatic carbocycles. The zero-order valence-electron chi connectivity index (χ0n) is 14.7. The van der Waals surface area contributed by atoms with Crippen LogP contribution in [-0.2, 0) is 17.7 Å². The maximum atomic E-state index is 10.3. The van der Waals surface area contributed by atoms with Crippen molar-refractivity contribution in [1.82, 2.24) is 4.90 Å². The molecule has 0 aromatic heterocycles. The van der Waals surface area contributed by atoms with Crippen molar-refractivity contribution in [2.45, 2.75) is 25.2 Å². The van der Waals surface area contributed by atoms with Gasteiger partial charge in [0.1, 0.15) is 6.61 Å². The molecule has 5 rings (SSSR count). The van der Waals surface area contributed by atoms with Crippen LogP contribution < -0.4 is 9.47 Å². The van der Waals surface area contributed by atoms with Gasteiger partial charge in [-0.25, -0.2) is 0 Å². The van der Waals surface area contributed by atoms with Gasteiger partial charge in [0.15, 0.2) is 17.6 Å². The Bertz CT molecular complexity index is 822. The normalized spacial score (nSPS) is 27.2. The maximum absolute atomic E-state index is 10.3. The van der Waals surface area contributed by atoms with Crippen molar-refractivity contribution in [3.05, 3.63) is 47.5 Å². The Morgan fingerprint density at radius 1 is 1.00 bits per heavy atom. The number of para-hydroxylation sites is 1. The summed E-state index contributed by atoms with van der Waals surface area (Å²) in [5.41, 5.74) is 4.98. The molecule has 0 spiro atoms. The molecule has 0 radical (unpaired) electrons. The van der Waals surface area contributed by atoms with E-state index in [2.05, 4.69) is 29.2 Å². The second-order valence-corrected chi connectivity index (χ2v) is 7.30. The van der Waals surface area contributed by atoms with Gasteiger partial charge in [-0.3, -0.25) is 4.90 Å². The first kappa shape index (κ1) is 16.1. The standard InChI is InChI=1S/C21H23NO4/c23-15-9-22-8-7-14-3-1-4-17(19(14)10-22)18-5-2-6-20-21(18)26-16(13-25-20)12-24-11-15/h1-6,15-16,23H,7-13H2. The third-order valence-corrected chi connectivity index (χ3v) is 5.41. The molecule has 4 bridgehead atoms. The number of ether oxygens (including phenoxy) is 3. The highest BCUT2D eigenvalue weighted by molar-refractivity contribution is 5.77. The summed E-state index contributed by atoms with van der Waals surface area (Å²) in [6.07, 6.45) is 0.336. The highest BCUT2D eigenvalue weighted by Crippen LogP contribution is 2.43. The number of aliphatic hydroxyl groups excluding tert-OH is 1. The average molecular weight is 353 g/mol. The largest absolute Gasteiger partial charge is 0.486 e. The van der Waals surface area contributed by atoms with Crippen LogP contribution >= 0.6 is 0 Å². The molecule has 5 heteroatoms. The summed E-state index contributed by atoms with van der Waals surface area (Å²) in [5, 5.41) is 10.3. The van der Waals surface area contributed by atoms with E-state index in [4.69, 9.17) is 14.2 Å². The lowest BCUT2D eigenvalue weighted by Gasteiger charge is -2.32. The minimum atomic E-state index is -0.494. The van der Waals surface area contributed by atoms with Crippen molar-refractivity contribution in [2.24, 2.45) is 0 Å². The van der Waals surface area contributed by atoms with Crippen molar-refractivity contribution in [2.75, 3.05) is 32.9 Å². The number of aliphatic hydroxyl groups is 1. The van der Waals surface area contributed by atoms with Gasteiger partial charge in [0.2, 0.25) is 0 Å². The lowest BCUT2D eigenvalue weighted by molar-refractivity contribution is -0.0293. The molecule has 0 aliphatic carbocycles. The number of fused-ring (bicyclic) bond motifs is 3. The Morgan fingerprint density at radius 3 is 2.85 bits per heavy atom. The quantitative estimate of drug-likeness (QED) is 0.787. The van der Waals surface area contributed by atoms with Gasteiger partial charge in [-0.2, -0.15) is 0 Å². The van der Waals surface area contributed by atoms with Gasteiger partial charge >= 0.3 is 0 Å². The second kappa shape index (κ2) is 6.58. The van der Waals surface area contributed by atoms with E-state index >= 15 is 0 Å². The molecule has 3 aliphatic heterocycles. The number of nitrogens with zero attached hydrogens (tertiary/aromatic N) is 1. The third-order valence-electron chi connectivity index (χ3n) is 5.41. The van der Waals surface area contributed by atoms with E-state index in [1.165, 1.54) is 16.7 Å². The topological polar surface area (TPSA) is 51.2 Å². The molecule has 0 saturated carbocycles. The van der Waals surface area contributed by atoms with Gasteiger partial charge < -0.3 is 19.3 Å². The van der Waals surface area contributed by atoms with E-state index in [1.807, 2.05) is 12.1 Å². The Balaban J connectivity index is 1.65. The fourth-order valence-electron chi connectivity index (χ4n) is 4.16. The summed E-state index contributed by atoms with van der Waals surface area (Å²) in [6, 6.07) is 12.6. The van der Waals surface area contributed by atoms with Crippen LogP contribution in [-0.4, -0.2) is 55.1 Å². The second-order valence-electron chi connectivity index (χ2n) is 7.30. The molecule has 0 saturated heterocycles. The average Bonchev–Trinajstić information content (AvgIpc) is 2.67. The SMILES string of the molecule is OC1COCC2COc3cccc(c3O2)-c2cccc3c2CN(CC3)C1. The van der Waals surface area contributed by atoms with Gasteiger partial charge in [-0.1, -0.05) is 30.3 Å². The Morgan fingerprint density at radius 2 is 1.88 bits per heavy atom. The fourth-order valence-corrected chi connectivity index (χ4v) is 4.16. The zero-order chi connectivity index (χ0) is 17.5. The Labute approximate surface area is 153 Å². The molecule has 0 fully saturated rings. The first-order valence-electron chi connectivity index (χ1n) is 9.29. The molecule has 136 valence electrons. The van der Waals surface area contributed by atoms with E-state index in [-0.39, 0.29) is 6.10 Å². The monoisotopic (exact) mass is 353 g/mol. The first-order chi connectivity index (χ1) is 12.8. The van der Waals surface area contributed by atoms with Crippen molar-refractivity contribution in [1.29, 1.82) is 0 Å². The number of benzene rings is 2. The Kier molecular flexibility index (Phi) is 4.08. The minimum absolute atomic E-state index is 0.163. The highest BCUT2D eigenvalue weighted by atomic mass is 16.6. The van der Waals surface area contributed by atoms with Crippen molar-refractivity contribution >= 4 is 0 Å². The highest BCUT2D eigenvalue weighted by Gasteiger charge is 2.28. The molecule has 3 atom stereocenters. The summed E-state index contributed by atoms with van der Waals surface area (Å²) in [7, 11) is 0. The van der Waals surface area contributed by atoms with E-state index in [9.17, 15) is 5.11 Å². The summed E-state index contributed by atoms with van der Waals surface area (Å²) in [5.74, 6) is 1.59. The zero-order valence-corrected chi connectivity index (χ0v) is 14.7. The molecular weight excluding hydrogens is 330 g/mol. The summed E-state index contributed by atoms with van der Waals surface area (Å²) < 4.78 is 17.9. The van der Waals surface area contributed by atoms with Gasteiger partial charge in [0.25, 0.3) is 0 Å². The van der Waals surface area contributed by atoms with Crippen LogP contribution in [0.15, 0.2) is 36.4 Å². The van der Waals surface area contributed by atoms with Gasteiger partial charge in [-0.15, -0.1) is 0 Å². The van der Waals surface area contributed by atoms with Crippen LogP contribution in [0.25, 0.3) is 11.1 Å². The van der Waals surface area contributed by atoms with E-state index in [1.54, 1.807) is 0 Å². The number of rotatable bonds is 0. The van der Waals surface area contributed by atoms with Gasteiger partial charge in [-0.05, 0) is 29.2 Å². The molecular formula is C21H23NO4. The molecule has 1 N–H and O–H groups in total. The van der Waals surface area contributed by atoms with Crippen LogP contribution in [0.5, 0.6) is 11.5 Å². The van der Waals surface area contributed by atoms with Crippen LogP contribution in [0.2, 0.25) is 0 Å². The molecule has 5 nitrogen and oxygen atoms in total. The predicted octanol–water partition coefficient (Wildman–Crippen LogP) is 2.24. The first-order valence-corrected chi connectivity index (χ1v) is 9.29. The van der Waals surface area contributed by atoms with E-state index in [0.717, 1.165) is 36.6 Å². The summed E-state index contributed by atoms with van der Waals surface area (Å²) in [4.78, 5) is 2.32. The lowest BCUT2D eigenvalue weighted by atomic mass is 9.90. The predicted molar refractivity (Wildman–Crippen MR) is 97.6 cm³/mol. The summed E-state index contributed by atoms with van der Waals surface area (Å²) in [6.45, 7) is 3.62. The fraction of sp³-hybridized carbons (Fsp3) is 0.429. The maximum Gasteiger partial charge on any atom is 0.169 e. The van der Waals surface area contributed by atoms with Crippen LogP contribution in [0, 0.1) is 0 Å². The van der Waals surface area contributed by atoms with E-state index in [0.29, 0.717) is 26.4 Å². The molecule has 0 amide bonds. The smallest absolute Gasteiger partial charge is 0.169 e. The third kappa shape index (κ3) is 2.86. The molecule has 3 unspecified atom stereocenters.